The van der Waals surface area contributed by atoms with Gasteiger partial charge in [0.15, 0.2) is 0 Å². The monoisotopic (exact) mass is 216 g/mol. The van der Waals surface area contributed by atoms with Gasteiger partial charge in [-0.05, 0) is 41.3 Å². The molecule has 0 rings (SSSR count). The molecule has 92 valence electrons. The van der Waals surface area contributed by atoms with E-state index in [9.17, 15) is 0 Å². The summed E-state index contributed by atoms with van der Waals surface area (Å²) in [5.41, 5.74) is 0.179. The molecule has 0 radical (unpaired) electrons. The third kappa shape index (κ3) is 10.2. The third-order valence-corrected chi connectivity index (χ3v) is 2.21. The minimum atomic E-state index is 0.179. The van der Waals surface area contributed by atoms with Crippen LogP contribution < -0.4 is 5.32 Å². The number of hydrogen-bond acceptors (Lipinski definition) is 3. The summed E-state index contributed by atoms with van der Waals surface area (Å²) >= 11 is 0. The fourth-order valence-corrected chi connectivity index (χ4v) is 1.14. The Bertz CT molecular complexity index is 152. The number of likely N-dealkylation sites (N-methyl/N-ethyl adjacent to an activating group) is 1. The van der Waals surface area contributed by atoms with Gasteiger partial charge >= 0.3 is 0 Å². The minimum Gasteiger partial charge on any atom is -0.376 e. The van der Waals surface area contributed by atoms with E-state index in [2.05, 4.69) is 52.0 Å². The number of nitrogens with zero attached hydrogens (tertiary/aromatic N) is 1. The molecule has 0 aromatic carbocycles. The Morgan fingerprint density at radius 2 is 1.87 bits per heavy atom. The molecule has 0 aliphatic carbocycles. The highest BCUT2D eigenvalue weighted by Crippen LogP contribution is 2.02. The predicted octanol–water partition coefficient (Wildman–Crippen LogP) is 1.73. The zero-order valence-electron chi connectivity index (χ0n) is 11.3. The quantitative estimate of drug-likeness (QED) is 0.701. The first-order valence-electron chi connectivity index (χ1n) is 5.86. The fourth-order valence-electron chi connectivity index (χ4n) is 1.14. The highest BCUT2D eigenvalue weighted by molar-refractivity contribution is 4.73. The topological polar surface area (TPSA) is 24.5 Å². The summed E-state index contributed by atoms with van der Waals surface area (Å²) in [4.78, 5) is 2.14. The first kappa shape index (κ1) is 14.9. The van der Waals surface area contributed by atoms with Crippen molar-refractivity contribution in [2.24, 2.45) is 0 Å². The van der Waals surface area contributed by atoms with Crippen LogP contribution in [-0.2, 0) is 4.74 Å². The Labute approximate surface area is 95.2 Å². The summed E-state index contributed by atoms with van der Waals surface area (Å²) in [6.45, 7) is 11.5. The van der Waals surface area contributed by atoms with E-state index < -0.39 is 0 Å². The Hall–Kier alpha value is -0.120. The van der Waals surface area contributed by atoms with E-state index in [0.717, 1.165) is 26.1 Å². The summed E-state index contributed by atoms with van der Waals surface area (Å²) in [6, 6.07) is 0. The van der Waals surface area contributed by atoms with Crippen LogP contribution in [0.3, 0.4) is 0 Å². The molecule has 1 N–H and O–H groups in total. The number of rotatable bonds is 7. The van der Waals surface area contributed by atoms with Crippen molar-refractivity contribution in [3.63, 3.8) is 0 Å². The fraction of sp³-hybridized carbons (Fsp3) is 1.00. The van der Waals surface area contributed by atoms with Crippen LogP contribution in [-0.4, -0.2) is 50.3 Å². The summed E-state index contributed by atoms with van der Waals surface area (Å²) in [6.07, 6.45) is 1.40. The SMILES string of the molecule is CCC(CNC(C)(C)C)OCCN(C)C. The molecule has 3 nitrogen and oxygen atoms in total. The Morgan fingerprint density at radius 3 is 2.27 bits per heavy atom. The van der Waals surface area contributed by atoms with Gasteiger partial charge in [0.2, 0.25) is 0 Å². The first-order chi connectivity index (χ1) is 6.85. The van der Waals surface area contributed by atoms with Crippen LogP contribution in [0.15, 0.2) is 0 Å². The molecule has 1 atom stereocenters. The van der Waals surface area contributed by atoms with E-state index in [1.54, 1.807) is 0 Å². The maximum Gasteiger partial charge on any atom is 0.0697 e. The van der Waals surface area contributed by atoms with Gasteiger partial charge in [-0.25, -0.2) is 0 Å². The molecule has 0 amide bonds. The largest absolute Gasteiger partial charge is 0.376 e. The third-order valence-electron chi connectivity index (χ3n) is 2.21. The van der Waals surface area contributed by atoms with E-state index >= 15 is 0 Å². The van der Waals surface area contributed by atoms with Crippen molar-refractivity contribution in [3.8, 4) is 0 Å². The van der Waals surface area contributed by atoms with Gasteiger partial charge in [-0.1, -0.05) is 6.92 Å². The van der Waals surface area contributed by atoms with Crippen LogP contribution in [0.5, 0.6) is 0 Å². The second-order valence-electron chi connectivity index (χ2n) is 5.34. The molecule has 0 fully saturated rings. The van der Waals surface area contributed by atoms with Gasteiger partial charge in [-0.15, -0.1) is 0 Å². The number of hydrogen-bond donors (Lipinski definition) is 1. The van der Waals surface area contributed by atoms with Crippen LogP contribution in [0.2, 0.25) is 0 Å². The van der Waals surface area contributed by atoms with Crippen molar-refractivity contribution in [2.75, 3.05) is 33.8 Å². The van der Waals surface area contributed by atoms with Gasteiger partial charge < -0.3 is 15.0 Å². The van der Waals surface area contributed by atoms with Gasteiger partial charge in [0, 0.05) is 18.6 Å². The van der Waals surface area contributed by atoms with Crippen molar-refractivity contribution in [1.29, 1.82) is 0 Å². The standard InChI is InChI=1S/C12H28N2O/c1-7-11(10-13-12(2,3)4)15-9-8-14(5)6/h11,13H,7-10H2,1-6H3. The molecule has 0 saturated carbocycles. The maximum absolute atomic E-state index is 5.79. The van der Waals surface area contributed by atoms with Crippen LogP contribution in [0.25, 0.3) is 0 Å². The van der Waals surface area contributed by atoms with Crippen molar-refractivity contribution in [2.45, 2.75) is 45.8 Å². The summed E-state index contributed by atoms with van der Waals surface area (Å²) in [7, 11) is 4.13. The molecule has 0 aliphatic rings. The Kier molecular flexibility index (Phi) is 7.14. The smallest absolute Gasteiger partial charge is 0.0697 e. The van der Waals surface area contributed by atoms with E-state index in [1.807, 2.05) is 0 Å². The van der Waals surface area contributed by atoms with Crippen molar-refractivity contribution < 1.29 is 4.74 Å². The molecule has 3 heteroatoms. The normalized spacial score (nSPS) is 14.6. The van der Waals surface area contributed by atoms with Crippen LogP contribution in [0, 0.1) is 0 Å². The van der Waals surface area contributed by atoms with E-state index in [1.165, 1.54) is 0 Å². The van der Waals surface area contributed by atoms with E-state index in [-0.39, 0.29) is 5.54 Å². The number of ether oxygens (including phenoxy) is 1. The van der Waals surface area contributed by atoms with Gasteiger partial charge in [0.1, 0.15) is 0 Å². The molecule has 0 aromatic heterocycles. The Morgan fingerprint density at radius 1 is 1.27 bits per heavy atom. The predicted molar refractivity (Wildman–Crippen MR) is 66.3 cm³/mol. The Balaban J connectivity index is 3.64. The van der Waals surface area contributed by atoms with Gasteiger partial charge in [-0.3, -0.25) is 0 Å². The molecule has 0 heterocycles. The average Bonchev–Trinajstić information content (AvgIpc) is 2.08. The summed E-state index contributed by atoms with van der Waals surface area (Å²) < 4.78 is 5.79. The molecule has 0 aromatic rings. The second kappa shape index (κ2) is 7.20. The lowest BCUT2D eigenvalue weighted by Crippen LogP contribution is -2.41. The lowest BCUT2D eigenvalue weighted by Gasteiger charge is -2.25. The van der Waals surface area contributed by atoms with Crippen LogP contribution in [0.1, 0.15) is 34.1 Å². The average molecular weight is 216 g/mol. The van der Waals surface area contributed by atoms with Crippen LogP contribution in [0.4, 0.5) is 0 Å². The van der Waals surface area contributed by atoms with Crippen molar-refractivity contribution in [3.05, 3.63) is 0 Å². The maximum atomic E-state index is 5.79. The second-order valence-corrected chi connectivity index (χ2v) is 5.34. The lowest BCUT2D eigenvalue weighted by atomic mass is 10.1. The molecule has 1 unspecified atom stereocenters. The molecule has 0 spiro atoms. The number of nitrogens with one attached hydrogen (secondary N) is 1. The van der Waals surface area contributed by atoms with Gasteiger partial charge in [-0.2, -0.15) is 0 Å². The molecule has 15 heavy (non-hydrogen) atoms. The van der Waals surface area contributed by atoms with E-state index in [0.29, 0.717) is 6.10 Å². The molecular formula is C12H28N2O. The summed E-state index contributed by atoms with van der Waals surface area (Å²) in [5.74, 6) is 0. The molecular weight excluding hydrogens is 188 g/mol. The molecule has 0 saturated heterocycles. The van der Waals surface area contributed by atoms with E-state index in [4.69, 9.17) is 4.74 Å². The van der Waals surface area contributed by atoms with Crippen molar-refractivity contribution in [1.82, 2.24) is 10.2 Å². The zero-order chi connectivity index (χ0) is 11.9. The zero-order valence-corrected chi connectivity index (χ0v) is 11.3. The van der Waals surface area contributed by atoms with Gasteiger partial charge in [0.25, 0.3) is 0 Å². The first-order valence-corrected chi connectivity index (χ1v) is 5.86. The minimum absolute atomic E-state index is 0.179. The molecule has 0 bridgehead atoms. The van der Waals surface area contributed by atoms with Crippen molar-refractivity contribution >= 4 is 0 Å². The summed E-state index contributed by atoms with van der Waals surface area (Å²) in [5, 5.41) is 3.47. The highest BCUT2D eigenvalue weighted by Gasteiger charge is 2.12. The molecule has 0 aliphatic heterocycles. The lowest BCUT2D eigenvalue weighted by molar-refractivity contribution is 0.0384. The van der Waals surface area contributed by atoms with Crippen LogP contribution >= 0.6 is 0 Å². The highest BCUT2D eigenvalue weighted by atomic mass is 16.5. The van der Waals surface area contributed by atoms with Gasteiger partial charge in [0.05, 0.1) is 12.7 Å².